The van der Waals surface area contributed by atoms with Crippen molar-refractivity contribution in [2.45, 2.75) is 25.7 Å². The summed E-state index contributed by atoms with van der Waals surface area (Å²) in [5, 5.41) is 1.23. The van der Waals surface area contributed by atoms with Crippen molar-refractivity contribution in [3.8, 4) is 11.3 Å². The number of para-hydroxylation sites is 1. The van der Waals surface area contributed by atoms with Gasteiger partial charge in [0.15, 0.2) is 0 Å². The number of hydrogen-bond acceptors (Lipinski definition) is 2. The topological polar surface area (TPSA) is 12.9 Å². The zero-order valence-electron chi connectivity index (χ0n) is 13.1. The number of thioether (sulfide) groups is 1. The Morgan fingerprint density at radius 2 is 1.57 bits per heavy atom. The Balaban J connectivity index is 0.000000774. The van der Waals surface area contributed by atoms with Crippen molar-refractivity contribution in [1.29, 1.82) is 0 Å². The molecule has 0 aliphatic carbocycles. The van der Waals surface area contributed by atoms with E-state index in [4.69, 9.17) is 4.98 Å². The van der Waals surface area contributed by atoms with Crippen LogP contribution in [0.3, 0.4) is 0 Å². The monoisotopic (exact) mass is 295 g/mol. The van der Waals surface area contributed by atoms with E-state index < -0.39 is 0 Å². The summed E-state index contributed by atoms with van der Waals surface area (Å²) in [7, 11) is 0. The van der Waals surface area contributed by atoms with Crippen molar-refractivity contribution >= 4 is 22.7 Å². The average molecular weight is 295 g/mol. The minimum absolute atomic E-state index is 1.05. The molecule has 0 spiro atoms. The van der Waals surface area contributed by atoms with Gasteiger partial charge in [-0.2, -0.15) is 0 Å². The molecule has 3 rings (SSSR count). The molecule has 21 heavy (non-hydrogen) atoms. The highest BCUT2D eigenvalue weighted by Crippen LogP contribution is 2.25. The van der Waals surface area contributed by atoms with Crippen LogP contribution in [0.25, 0.3) is 22.2 Å². The second kappa shape index (κ2) is 7.28. The zero-order valence-corrected chi connectivity index (χ0v) is 13.9. The largest absolute Gasteiger partial charge is 0.248 e. The van der Waals surface area contributed by atoms with E-state index in [-0.39, 0.29) is 0 Å². The minimum atomic E-state index is 1.05. The smallest absolute Gasteiger partial charge is 0.0712 e. The fraction of sp³-hybridized carbons (Fsp3) is 0.211. The van der Waals surface area contributed by atoms with E-state index in [9.17, 15) is 0 Å². The number of fused-ring (bicyclic) bond motifs is 1. The highest BCUT2D eigenvalue weighted by atomic mass is 32.2. The van der Waals surface area contributed by atoms with Crippen molar-refractivity contribution in [2.24, 2.45) is 0 Å². The molecule has 0 saturated heterocycles. The predicted molar refractivity (Wildman–Crippen MR) is 95.0 cm³/mol. The van der Waals surface area contributed by atoms with Crippen LogP contribution in [0.5, 0.6) is 0 Å². The van der Waals surface area contributed by atoms with Gasteiger partial charge in [-0.15, -0.1) is 11.8 Å². The Hall–Kier alpha value is -1.80. The molecule has 2 heteroatoms. The Morgan fingerprint density at radius 1 is 0.905 bits per heavy atom. The highest BCUT2D eigenvalue weighted by Gasteiger charge is 2.04. The first-order chi connectivity index (χ1) is 10.3. The van der Waals surface area contributed by atoms with Crippen LogP contribution in [0.4, 0.5) is 0 Å². The third-order valence-corrected chi connectivity index (χ3v) is 4.05. The molecular formula is C19H21NS. The number of benzene rings is 2. The Labute approximate surface area is 131 Å². The molecule has 0 N–H and O–H groups in total. The van der Waals surface area contributed by atoms with E-state index >= 15 is 0 Å². The molecule has 1 aromatic heterocycles. The van der Waals surface area contributed by atoms with Crippen LogP contribution in [0.1, 0.15) is 19.4 Å². The SMILES string of the molecule is CC.CSc1ccc(-c2cc(C)c3ccccc3n2)cc1. The Bertz CT molecular complexity index is 717. The van der Waals surface area contributed by atoms with E-state index in [0.717, 1.165) is 11.2 Å². The Morgan fingerprint density at radius 3 is 2.24 bits per heavy atom. The fourth-order valence-corrected chi connectivity index (χ4v) is 2.67. The first-order valence-corrected chi connectivity index (χ1v) is 8.51. The van der Waals surface area contributed by atoms with Gasteiger partial charge in [-0.3, -0.25) is 0 Å². The summed E-state index contributed by atoms with van der Waals surface area (Å²) in [6, 6.07) is 19.0. The maximum absolute atomic E-state index is 4.75. The van der Waals surface area contributed by atoms with E-state index in [1.807, 2.05) is 19.9 Å². The van der Waals surface area contributed by atoms with Crippen LogP contribution >= 0.6 is 11.8 Å². The highest BCUT2D eigenvalue weighted by molar-refractivity contribution is 7.98. The number of aryl methyl sites for hydroxylation is 1. The lowest BCUT2D eigenvalue weighted by Gasteiger charge is -2.07. The molecule has 0 unspecified atom stereocenters. The van der Waals surface area contributed by atoms with E-state index in [0.29, 0.717) is 0 Å². The van der Waals surface area contributed by atoms with Gasteiger partial charge < -0.3 is 0 Å². The lowest BCUT2D eigenvalue weighted by molar-refractivity contribution is 1.35. The van der Waals surface area contributed by atoms with Crippen molar-refractivity contribution in [3.05, 3.63) is 60.2 Å². The van der Waals surface area contributed by atoms with Crippen molar-refractivity contribution in [2.75, 3.05) is 6.26 Å². The first-order valence-electron chi connectivity index (χ1n) is 7.29. The maximum atomic E-state index is 4.75. The number of aromatic nitrogens is 1. The van der Waals surface area contributed by atoms with Gasteiger partial charge in [0.2, 0.25) is 0 Å². The minimum Gasteiger partial charge on any atom is -0.248 e. The molecule has 0 saturated carbocycles. The third kappa shape index (κ3) is 3.45. The lowest BCUT2D eigenvalue weighted by atomic mass is 10.1. The quantitative estimate of drug-likeness (QED) is 0.541. The summed E-state index contributed by atoms with van der Waals surface area (Å²) in [6.45, 7) is 6.14. The second-order valence-corrected chi connectivity index (χ2v) is 5.45. The standard InChI is InChI=1S/C17H15NS.C2H6/c1-12-11-17(13-7-9-14(19-2)10-8-13)18-16-6-4-3-5-15(12)16;1-2/h3-11H,1-2H3;1-2H3. The maximum Gasteiger partial charge on any atom is 0.0712 e. The van der Waals surface area contributed by atoms with Crippen molar-refractivity contribution in [3.63, 3.8) is 0 Å². The molecule has 0 radical (unpaired) electrons. The molecule has 0 bridgehead atoms. The first kappa shape index (κ1) is 15.6. The molecule has 2 aromatic carbocycles. The molecule has 0 aliphatic rings. The number of pyridine rings is 1. The van der Waals surface area contributed by atoms with Gasteiger partial charge in [0.05, 0.1) is 11.2 Å². The predicted octanol–water partition coefficient (Wildman–Crippen LogP) is 5.96. The molecule has 0 amide bonds. The van der Waals surface area contributed by atoms with Gasteiger partial charge >= 0.3 is 0 Å². The lowest BCUT2D eigenvalue weighted by Crippen LogP contribution is -1.88. The van der Waals surface area contributed by atoms with Gasteiger partial charge in [0.1, 0.15) is 0 Å². The van der Waals surface area contributed by atoms with E-state index in [1.165, 1.54) is 21.4 Å². The van der Waals surface area contributed by atoms with Crippen LogP contribution in [-0.4, -0.2) is 11.2 Å². The fourth-order valence-electron chi connectivity index (χ4n) is 2.26. The van der Waals surface area contributed by atoms with E-state index in [1.54, 1.807) is 11.8 Å². The zero-order chi connectivity index (χ0) is 15.2. The molecule has 0 atom stereocenters. The number of hydrogen-bond donors (Lipinski definition) is 0. The number of rotatable bonds is 2. The average Bonchev–Trinajstić information content (AvgIpc) is 2.57. The third-order valence-electron chi connectivity index (χ3n) is 3.31. The molecule has 1 nitrogen and oxygen atoms in total. The summed E-state index contributed by atoms with van der Waals surface area (Å²) in [6.07, 6.45) is 2.09. The van der Waals surface area contributed by atoms with Crippen LogP contribution in [0, 0.1) is 6.92 Å². The van der Waals surface area contributed by atoms with Gasteiger partial charge in [-0.05, 0) is 43.0 Å². The molecule has 108 valence electrons. The van der Waals surface area contributed by atoms with Crippen LogP contribution in [0.2, 0.25) is 0 Å². The molecule has 0 fully saturated rings. The van der Waals surface area contributed by atoms with Gasteiger partial charge in [0.25, 0.3) is 0 Å². The van der Waals surface area contributed by atoms with Crippen LogP contribution in [0.15, 0.2) is 59.5 Å². The van der Waals surface area contributed by atoms with Crippen LogP contribution < -0.4 is 0 Å². The Kier molecular flexibility index (Phi) is 5.40. The summed E-state index contributed by atoms with van der Waals surface area (Å²) in [4.78, 5) is 6.03. The summed E-state index contributed by atoms with van der Waals surface area (Å²) < 4.78 is 0. The molecule has 1 heterocycles. The summed E-state index contributed by atoms with van der Waals surface area (Å²) >= 11 is 1.76. The normalized spacial score (nSPS) is 10.1. The molecule has 3 aromatic rings. The van der Waals surface area contributed by atoms with Crippen molar-refractivity contribution < 1.29 is 0 Å². The van der Waals surface area contributed by atoms with Gasteiger partial charge in [0, 0.05) is 15.8 Å². The molecular weight excluding hydrogens is 274 g/mol. The van der Waals surface area contributed by atoms with Crippen molar-refractivity contribution in [1.82, 2.24) is 4.98 Å². The number of nitrogens with zero attached hydrogens (tertiary/aromatic N) is 1. The van der Waals surface area contributed by atoms with Gasteiger partial charge in [-0.1, -0.05) is 44.2 Å². The van der Waals surface area contributed by atoms with Crippen LogP contribution in [-0.2, 0) is 0 Å². The summed E-state index contributed by atoms with van der Waals surface area (Å²) in [5.74, 6) is 0. The molecule has 0 aliphatic heterocycles. The van der Waals surface area contributed by atoms with E-state index in [2.05, 4.69) is 61.7 Å². The van der Waals surface area contributed by atoms with Gasteiger partial charge in [-0.25, -0.2) is 4.98 Å². The summed E-state index contributed by atoms with van der Waals surface area (Å²) in [5.41, 5.74) is 4.55. The second-order valence-electron chi connectivity index (χ2n) is 4.57.